The van der Waals surface area contributed by atoms with Gasteiger partial charge in [0.25, 0.3) is 0 Å². The molecule has 0 N–H and O–H groups in total. The highest BCUT2D eigenvalue weighted by molar-refractivity contribution is 9.10. The number of amides is 1. The predicted octanol–water partition coefficient (Wildman–Crippen LogP) is 3.41. The summed E-state index contributed by atoms with van der Waals surface area (Å²) >= 11 is 3.51. The molecule has 1 aliphatic heterocycles. The summed E-state index contributed by atoms with van der Waals surface area (Å²) in [7, 11) is 0. The molecule has 0 spiro atoms. The minimum absolute atomic E-state index is 0.126. The largest absolute Gasteiger partial charge is 0.333 e. The van der Waals surface area contributed by atoms with Gasteiger partial charge in [0, 0.05) is 29.9 Å². The van der Waals surface area contributed by atoms with Gasteiger partial charge in [-0.05, 0) is 30.5 Å². The third kappa shape index (κ3) is 3.53. The molecular formula is C18H23BrN4O. The normalized spacial score (nSPS) is 14.1. The summed E-state index contributed by atoms with van der Waals surface area (Å²) in [6.45, 7) is 6.24. The average molecular weight is 391 g/mol. The van der Waals surface area contributed by atoms with Gasteiger partial charge in [0.15, 0.2) is 5.82 Å². The lowest BCUT2D eigenvalue weighted by atomic mass is 10.0. The van der Waals surface area contributed by atoms with Crippen LogP contribution < -0.4 is 0 Å². The molecule has 0 radical (unpaired) electrons. The molecule has 24 heavy (non-hydrogen) atoms. The lowest BCUT2D eigenvalue weighted by molar-refractivity contribution is -0.137. The van der Waals surface area contributed by atoms with Crippen LogP contribution in [0.25, 0.3) is 0 Å². The van der Waals surface area contributed by atoms with Crippen molar-refractivity contribution in [1.29, 1.82) is 0 Å². The second kappa shape index (κ2) is 7.47. The van der Waals surface area contributed by atoms with E-state index < -0.39 is 0 Å². The van der Waals surface area contributed by atoms with Crippen molar-refractivity contribution in [2.75, 3.05) is 6.54 Å². The summed E-state index contributed by atoms with van der Waals surface area (Å²) in [6.07, 6.45) is 2.55. The number of nitrogens with zero attached hydrogens (tertiary/aromatic N) is 4. The topological polar surface area (TPSA) is 51.0 Å². The highest BCUT2D eigenvalue weighted by Gasteiger charge is 2.27. The Bertz CT molecular complexity index is 724. The van der Waals surface area contributed by atoms with Gasteiger partial charge in [0.2, 0.25) is 5.91 Å². The van der Waals surface area contributed by atoms with Gasteiger partial charge < -0.3 is 9.47 Å². The Morgan fingerprint density at radius 1 is 1.25 bits per heavy atom. The van der Waals surface area contributed by atoms with E-state index in [9.17, 15) is 4.79 Å². The number of benzene rings is 1. The second-order valence-electron chi connectivity index (χ2n) is 6.26. The monoisotopic (exact) mass is 390 g/mol. The van der Waals surface area contributed by atoms with Crippen molar-refractivity contribution >= 4 is 21.8 Å². The highest BCUT2D eigenvalue weighted by atomic mass is 79.9. The number of carbonyl (C=O) groups excluding carboxylic acids is 1. The summed E-state index contributed by atoms with van der Waals surface area (Å²) < 4.78 is 3.23. The SMILES string of the molecule is CCC(CC)C(=O)N1CCn2c(Cc3cccc(Br)c3)nnc2C1. The van der Waals surface area contributed by atoms with Crippen LogP contribution in [0, 0.1) is 5.92 Å². The van der Waals surface area contributed by atoms with Crippen LogP contribution in [0.1, 0.15) is 43.9 Å². The Morgan fingerprint density at radius 3 is 2.75 bits per heavy atom. The molecule has 2 heterocycles. The quantitative estimate of drug-likeness (QED) is 0.785. The summed E-state index contributed by atoms with van der Waals surface area (Å²) in [5.74, 6) is 2.24. The molecule has 5 nitrogen and oxygen atoms in total. The van der Waals surface area contributed by atoms with E-state index in [1.54, 1.807) is 0 Å². The Balaban J connectivity index is 1.73. The highest BCUT2D eigenvalue weighted by Crippen LogP contribution is 2.20. The Morgan fingerprint density at radius 2 is 2.04 bits per heavy atom. The van der Waals surface area contributed by atoms with E-state index >= 15 is 0 Å². The molecule has 1 aromatic carbocycles. The molecule has 0 saturated heterocycles. The zero-order valence-electron chi connectivity index (χ0n) is 14.2. The lowest BCUT2D eigenvalue weighted by Crippen LogP contribution is -2.41. The van der Waals surface area contributed by atoms with Crippen molar-refractivity contribution in [2.45, 2.75) is 46.2 Å². The molecule has 0 unspecified atom stereocenters. The van der Waals surface area contributed by atoms with Crippen LogP contribution in [0.2, 0.25) is 0 Å². The molecule has 1 aliphatic rings. The molecule has 2 aromatic rings. The zero-order chi connectivity index (χ0) is 17.1. The smallest absolute Gasteiger partial charge is 0.226 e. The second-order valence-corrected chi connectivity index (χ2v) is 7.18. The third-order valence-corrected chi connectivity index (χ3v) is 5.22. The van der Waals surface area contributed by atoms with Gasteiger partial charge in [-0.25, -0.2) is 0 Å². The van der Waals surface area contributed by atoms with Crippen LogP contribution >= 0.6 is 15.9 Å². The Labute approximate surface area is 151 Å². The van der Waals surface area contributed by atoms with Crippen LogP contribution in [-0.4, -0.2) is 32.1 Å². The van der Waals surface area contributed by atoms with Crippen LogP contribution in [-0.2, 0) is 24.3 Å². The predicted molar refractivity (Wildman–Crippen MR) is 96.5 cm³/mol. The Kier molecular flexibility index (Phi) is 5.33. The molecule has 0 atom stereocenters. The van der Waals surface area contributed by atoms with E-state index in [1.165, 1.54) is 5.56 Å². The van der Waals surface area contributed by atoms with Gasteiger partial charge in [-0.2, -0.15) is 0 Å². The summed E-state index contributed by atoms with van der Waals surface area (Å²) in [5, 5.41) is 8.69. The first-order valence-corrected chi connectivity index (χ1v) is 9.35. The number of halogens is 1. The molecule has 1 aromatic heterocycles. The van der Waals surface area contributed by atoms with Gasteiger partial charge in [0.05, 0.1) is 6.54 Å². The molecule has 0 fully saturated rings. The van der Waals surface area contributed by atoms with E-state index in [0.717, 1.165) is 48.5 Å². The summed E-state index contributed by atoms with van der Waals surface area (Å²) in [6, 6.07) is 8.25. The number of hydrogen-bond acceptors (Lipinski definition) is 3. The number of aromatic nitrogens is 3. The lowest BCUT2D eigenvalue weighted by Gasteiger charge is -2.30. The van der Waals surface area contributed by atoms with Gasteiger partial charge in [-0.3, -0.25) is 4.79 Å². The maximum atomic E-state index is 12.6. The van der Waals surface area contributed by atoms with Crippen molar-refractivity contribution < 1.29 is 4.79 Å². The van der Waals surface area contributed by atoms with Crippen molar-refractivity contribution in [1.82, 2.24) is 19.7 Å². The van der Waals surface area contributed by atoms with Crippen molar-refractivity contribution in [3.63, 3.8) is 0 Å². The van der Waals surface area contributed by atoms with Crippen molar-refractivity contribution in [3.8, 4) is 0 Å². The number of carbonyl (C=O) groups is 1. The van der Waals surface area contributed by atoms with E-state index in [0.29, 0.717) is 6.54 Å². The molecule has 128 valence electrons. The van der Waals surface area contributed by atoms with Crippen LogP contribution in [0.3, 0.4) is 0 Å². The fourth-order valence-corrected chi connectivity index (χ4v) is 3.71. The number of hydrogen-bond donors (Lipinski definition) is 0. The first kappa shape index (κ1) is 17.1. The maximum Gasteiger partial charge on any atom is 0.226 e. The summed E-state index contributed by atoms with van der Waals surface area (Å²) in [4.78, 5) is 14.5. The van der Waals surface area contributed by atoms with E-state index in [4.69, 9.17) is 0 Å². The first-order chi connectivity index (χ1) is 11.6. The molecule has 3 rings (SSSR count). The number of rotatable bonds is 5. The molecule has 0 bridgehead atoms. The van der Waals surface area contributed by atoms with Gasteiger partial charge in [-0.15, -0.1) is 10.2 Å². The molecule has 0 aliphatic carbocycles. The van der Waals surface area contributed by atoms with E-state index in [1.807, 2.05) is 17.0 Å². The molecule has 6 heteroatoms. The van der Waals surface area contributed by atoms with Gasteiger partial charge >= 0.3 is 0 Å². The van der Waals surface area contributed by atoms with Crippen molar-refractivity contribution in [2.24, 2.45) is 5.92 Å². The van der Waals surface area contributed by atoms with Gasteiger partial charge in [0.1, 0.15) is 5.82 Å². The van der Waals surface area contributed by atoms with E-state index in [-0.39, 0.29) is 11.8 Å². The fraction of sp³-hybridized carbons (Fsp3) is 0.500. The summed E-state index contributed by atoms with van der Waals surface area (Å²) in [5.41, 5.74) is 1.20. The maximum absolute atomic E-state index is 12.6. The average Bonchev–Trinajstić information content (AvgIpc) is 2.98. The number of fused-ring (bicyclic) bond motifs is 1. The van der Waals surface area contributed by atoms with Crippen LogP contribution in [0.5, 0.6) is 0 Å². The first-order valence-electron chi connectivity index (χ1n) is 8.56. The molecular weight excluding hydrogens is 368 g/mol. The standard InChI is InChI=1S/C18H23BrN4O/c1-3-14(4-2)18(24)22-8-9-23-16(20-21-17(23)12-22)11-13-6-5-7-15(19)10-13/h5-7,10,14H,3-4,8-9,11-12H2,1-2H3. The van der Waals surface area contributed by atoms with Crippen LogP contribution in [0.15, 0.2) is 28.7 Å². The van der Waals surface area contributed by atoms with Crippen molar-refractivity contribution in [3.05, 3.63) is 46.0 Å². The molecule has 0 saturated carbocycles. The molecule has 1 amide bonds. The van der Waals surface area contributed by atoms with Crippen LogP contribution in [0.4, 0.5) is 0 Å². The minimum atomic E-state index is 0.126. The minimum Gasteiger partial charge on any atom is -0.333 e. The zero-order valence-corrected chi connectivity index (χ0v) is 15.8. The fourth-order valence-electron chi connectivity index (χ4n) is 3.26. The third-order valence-electron chi connectivity index (χ3n) is 4.73. The Hall–Kier alpha value is -1.69. The van der Waals surface area contributed by atoms with Gasteiger partial charge in [-0.1, -0.05) is 41.9 Å². The van der Waals surface area contributed by atoms with E-state index in [2.05, 4.69) is 56.7 Å².